The number of hydrogen-bond acceptors (Lipinski definition) is 6. The molecule has 3 aromatic carbocycles. The maximum Gasteiger partial charge on any atom is 0.330 e. The summed E-state index contributed by atoms with van der Waals surface area (Å²) in [5, 5.41) is 0. The van der Waals surface area contributed by atoms with Gasteiger partial charge >= 0.3 is 5.97 Å². The van der Waals surface area contributed by atoms with Crippen LogP contribution in [0, 0.1) is 17.8 Å². The monoisotopic (exact) mass is 679 g/mol. The van der Waals surface area contributed by atoms with Gasteiger partial charge in [0.15, 0.2) is 12.4 Å². The molecule has 0 N–H and O–H groups in total. The second kappa shape index (κ2) is 9.91. The number of esters is 1. The smallest absolute Gasteiger partial charge is 0.330 e. The number of Topliss-reactive ketones (excluding diaryl/α,β-unsaturated/α-hetero) is 1. The number of halogens is 2. The van der Waals surface area contributed by atoms with Crippen LogP contribution in [0.2, 0.25) is 0 Å². The van der Waals surface area contributed by atoms with Gasteiger partial charge in [-0.2, -0.15) is 0 Å². The van der Waals surface area contributed by atoms with Crippen molar-refractivity contribution in [3.05, 3.63) is 101 Å². The van der Waals surface area contributed by atoms with Crippen LogP contribution in [0.15, 0.2) is 72.8 Å². The lowest BCUT2D eigenvalue weighted by atomic mass is 9.54. The summed E-state index contributed by atoms with van der Waals surface area (Å²) in [5.74, 6) is -3.53. The van der Waals surface area contributed by atoms with Gasteiger partial charge in [0.05, 0.1) is 27.6 Å². The van der Waals surface area contributed by atoms with E-state index in [-0.39, 0.29) is 0 Å². The highest BCUT2D eigenvalue weighted by molar-refractivity contribution is 9.10. The van der Waals surface area contributed by atoms with Gasteiger partial charge in [0, 0.05) is 5.56 Å². The van der Waals surface area contributed by atoms with Crippen molar-refractivity contribution in [3.63, 3.8) is 0 Å². The van der Waals surface area contributed by atoms with Crippen molar-refractivity contribution < 1.29 is 28.7 Å². The Morgan fingerprint density at radius 3 is 1.63 bits per heavy atom. The maximum absolute atomic E-state index is 14.3. The molecule has 7 nitrogen and oxygen atoms in total. The van der Waals surface area contributed by atoms with E-state index in [4.69, 9.17) is 9.47 Å². The van der Waals surface area contributed by atoms with Crippen molar-refractivity contribution in [2.45, 2.75) is 28.5 Å². The summed E-state index contributed by atoms with van der Waals surface area (Å²) in [5.41, 5.74) is 4.00. The number of nitrogens with zero attached hydrogens (tertiary/aromatic N) is 1. The third-order valence-electron chi connectivity index (χ3n) is 8.53. The second-order valence-electron chi connectivity index (χ2n) is 11.0. The number of likely N-dealkylation sites (tertiary alicyclic amines) is 1. The lowest BCUT2D eigenvalue weighted by Crippen LogP contribution is -2.56. The van der Waals surface area contributed by atoms with Crippen molar-refractivity contribution in [2.75, 3.05) is 13.7 Å². The van der Waals surface area contributed by atoms with E-state index in [1.54, 1.807) is 38.1 Å². The van der Waals surface area contributed by atoms with Gasteiger partial charge in [-0.15, -0.1) is 0 Å². The van der Waals surface area contributed by atoms with Gasteiger partial charge in [0.25, 0.3) is 0 Å². The largest absolute Gasteiger partial charge is 0.497 e. The van der Waals surface area contributed by atoms with E-state index < -0.39 is 62.6 Å². The van der Waals surface area contributed by atoms with E-state index >= 15 is 0 Å². The molecule has 1 heterocycles. The SMILES string of the molecule is COc1ccc(C(=O)COC(=O)[C@H](C(C)C)N2C(=O)[C@@H]3[C@@H](C2=O)C2(Br)c4ccccc4C3(Br)c3ccccc32)cc1. The molecule has 3 aliphatic carbocycles. The molecule has 1 aliphatic heterocycles. The highest BCUT2D eigenvalue weighted by Crippen LogP contribution is 2.70. The summed E-state index contributed by atoms with van der Waals surface area (Å²) >= 11 is 7.95. The number of alkyl halides is 2. The molecule has 9 heteroatoms. The van der Waals surface area contributed by atoms with Crippen LogP contribution in [0.5, 0.6) is 5.75 Å². The molecule has 1 saturated heterocycles. The van der Waals surface area contributed by atoms with Crippen LogP contribution in [0.4, 0.5) is 0 Å². The molecule has 210 valence electrons. The fourth-order valence-corrected chi connectivity index (χ4v) is 9.02. The third-order valence-corrected chi connectivity index (χ3v) is 11.2. The topological polar surface area (TPSA) is 90.0 Å². The van der Waals surface area contributed by atoms with Crippen molar-refractivity contribution in [3.8, 4) is 5.75 Å². The molecular formula is C32H27Br2NO6. The lowest BCUT2D eigenvalue weighted by molar-refractivity contribution is -0.160. The van der Waals surface area contributed by atoms with E-state index in [0.717, 1.165) is 27.2 Å². The normalized spacial score (nSPS) is 26.3. The van der Waals surface area contributed by atoms with Crippen molar-refractivity contribution >= 4 is 55.4 Å². The van der Waals surface area contributed by atoms with Gasteiger partial charge in [-0.3, -0.25) is 19.3 Å². The Hall–Kier alpha value is -3.30. The van der Waals surface area contributed by atoms with Crippen LogP contribution in [0.1, 0.15) is 46.5 Å². The summed E-state index contributed by atoms with van der Waals surface area (Å²) in [6.45, 7) is 3.00. The fraction of sp³-hybridized carbons (Fsp3) is 0.312. The van der Waals surface area contributed by atoms with Gasteiger partial charge in [-0.25, -0.2) is 4.79 Å². The summed E-state index contributed by atoms with van der Waals surface area (Å²) in [6.07, 6.45) is 0. The molecule has 0 aromatic heterocycles. The van der Waals surface area contributed by atoms with Gasteiger partial charge in [0.2, 0.25) is 11.8 Å². The molecule has 0 radical (unpaired) electrons. The number of rotatable bonds is 7. The molecule has 7 rings (SSSR count). The minimum absolute atomic E-state index is 0.355. The predicted octanol–water partition coefficient (Wildman–Crippen LogP) is 5.35. The van der Waals surface area contributed by atoms with Crippen LogP contribution in [-0.2, 0) is 27.8 Å². The Morgan fingerprint density at radius 2 is 1.24 bits per heavy atom. The van der Waals surface area contributed by atoms with Crippen LogP contribution in [0.25, 0.3) is 0 Å². The van der Waals surface area contributed by atoms with Gasteiger partial charge < -0.3 is 9.47 Å². The Bertz CT molecular complexity index is 1480. The molecule has 4 aliphatic rings. The highest BCUT2D eigenvalue weighted by Gasteiger charge is 2.73. The summed E-state index contributed by atoms with van der Waals surface area (Å²) in [7, 11) is 1.53. The Kier molecular flexibility index (Phi) is 6.73. The van der Waals surface area contributed by atoms with Crippen molar-refractivity contribution in [1.29, 1.82) is 0 Å². The minimum Gasteiger partial charge on any atom is -0.497 e. The maximum atomic E-state index is 14.3. The Labute approximate surface area is 254 Å². The number of ether oxygens (including phenoxy) is 2. The molecule has 41 heavy (non-hydrogen) atoms. The zero-order valence-electron chi connectivity index (χ0n) is 22.6. The molecular weight excluding hydrogens is 654 g/mol. The average Bonchev–Trinajstić information content (AvgIpc) is 3.25. The van der Waals surface area contributed by atoms with E-state index in [2.05, 4.69) is 31.9 Å². The number of ketones is 1. The van der Waals surface area contributed by atoms with E-state index in [0.29, 0.717) is 11.3 Å². The van der Waals surface area contributed by atoms with E-state index in [1.165, 1.54) is 7.11 Å². The molecule has 0 unspecified atom stereocenters. The Morgan fingerprint density at radius 1 is 0.805 bits per heavy atom. The number of benzene rings is 3. The summed E-state index contributed by atoms with van der Waals surface area (Å²) < 4.78 is 8.66. The molecule has 3 aromatic rings. The van der Waals surface area contributed by atoms with Gasteiger partial charge in [0.1, 0.15) is 11.8 Å². The van der Waals surface area contributed by atoms with Crippen LogP contribution >= 0.6 is 31.9 Å². The number of carbonyl (C=O) groups excluding carboxylic acids is 4. The van der Waals surface area contributed by atoms with E-state index in [1.807, 2.05) is 48.5 Å². The van der Waals surface area contributed by atoms with Crippen molar-refractivity contribution in [1.82, 2.24) is 4.90 Å². The number of amides is 2. The first-order valence-corrected chi connectivity index (χ1v) is 14.9. The minimum atomic E-state index is -1.19. The number of imide groups is 1. The molecule has 1 fully saturated rings. The quantitative estimate of drug-likeness (QED) is 0.145. The predicted molar refractivity (Wildman–Crippen MR) is 158 cm³/mol. The average molecular weight is 681 g/mol. The first-order chi connectivity index (χ1) is 19.6. The Balaban J connectivity index is 1.35. The molecule has 0 saturated carbocycles. The number of hydrogen-bond donors (Lipinski definition) is 0. The van der Waals surface area contributed by atoms with Gasteiger partial charge in [-0.05, 0) is 52.4 Å². The second-order valence-corrected chi connectivity index (χ2v) is 13.5. The standard InChI is InChI=1S/C32H27Br2NO6/c1-17(2)27(30(39)41-16-24(36)18-12-14-19(40-3)15-13-18)35-28(37)25-26(29(35)38)32(34)21-9-5-4-8-20(21)31(25,33)22-10-6-7-11-23(22)32/h4-15,17,25-27H,16H2,1-3H3/t25-,26-,27-,31?,32?/m0/s1. The fourth-order valence-electron chi connectivity index (χ4n) is 6.72. The highest BCUT2D eigenvalue weighted by atomic mass is 79.9. The first kappa shape index (κ1) is 27.8. The first-order valence-electron chi connectivity index (χ1n) is 13.3. The van der Waals surface area contributed by atoms with E-state index in [9.17, 15) is 19.2 Å². The number of carbonyl (C=O) groups is 4. The van der Waals surface area contributed by atoms with Crippen LogP contribution < -0.4 is 4.74 Å². The summed E-state index contributed by atoms with van der Waals surface area (Å²) in [4.78, 5) is 56.0. The lowest BCUT2D eigenvalue weighted by Gasteiger charge is -2.55. The molecule has 3 atom stereocenters. The van der Waals surface area contributed by atoms with Gasteiger partial charge in [-0.1, -0.05) is 94.2 Å². The number of methoxy groups -OCH3 is 1. The molecule has 0 spiro atoms. The zero-order valence-corrected chi connectivity index (χ0v) is 25.8. The third kappa shape index (κ3) is 3.81. The molecule has 2 bridgehead atoms. The van der Waals surface area contributed by atoms with Crippen molar-refractivity contribution in [2.24, 2.45) is 17.8 Å². The van der Waals surface area contributed by atoms with Crippen LogP contribution in [-0.4, -0.2) is 48.2 Å². The molecule has 2 amide bonds. The zero-order chi connectivity index (χ0) is 29.3. The van der Waals surface area contributed by atoms with Crippen LogP contribution in [0.3, 0.4) is 0 Å². The summed E-state index contributed by atoms with van der Waals surface area (Å²) in [6, 6.07) is 20.9.